The second-order valence-electron chi connectivity index (χ2n) is 5.45. The van der Waals surface area contributed by atoms with Crippen LogP contribution in [0, 0.1) is 5.92 Å². The van der Waals surface area contributed by atoms with Gasteiger partial charge in [-0.1, -0.05) is 15.9 Å². The molecule has 6 nitrogen and oxygen atoms in total. The van der Waals surface area contributed by atoms with Crippen LogP contribution < -0.4 is 5.32 Å². The maximum atomic E-state index is 12.1. The number of aromatic amines is 1. The largest absolute Gasteiger partial charge is 0.481 e. The highest BCUT2D eigenvalue weighted by Crippen LogP contribution is 2.20. The van der Waals surface area contributed by atoms with Crippen LogP contribution in [0.5, 0.6) is 0 Å². The molecule has 0 aliphatic carbocycles. The van der Waals surface area contributed by atoms with E-state index in [0.717, 1.165) is 21.1 Å². The number of carboxylic acid groups (broad SMARTS) is 1. The van der Waals surface area contributed by atoms with Crippen LogP contribution in [0.15, 0.2) is 28.7 Å². The first-order chi connectivity index (χ1) is 10.5. The summed E-state index contributed by atoms with van der Waals surface area (Å²) in [5.41, 5.74) is 1.93. The number of nitrogens with one attached hydrogen (secondary N) is 2. The van der Waals surface area contributed by atoms with Gasteiger partial charge in [-0.2, -0.15) is 0 Å². The van der Waals surface area contributed by atoms with E-state index in [9.17, 15) is 9.59 Å². The molecule has 116 valence electrons. The second-order valence-corrected chi connectivity index (χ2v) is 6.37. The third kappa shape index (κ3) is 3.09. The molecule has 1 aromatic heterocycles. The SMILES string of the molecule is O=C(O)C1CCN(C(=O)NCc2cc3cc(Br)ccc3[nH]2)C1. The van der Waals surface area contributed by atoms with Crippen LogP contribution in [0.1, 0.15) is 12.1 Å². The third-order valence-corrected chi connectivity index (χ3v) is 4.39. The van der Waals surface area contributed by atoms with Gasteiger partial charge in [-0.25, -0.2) is 4.79 Å². The molecule has 1 aliphatic heterocycles. The minimum absolute atomic E-state index is 0.219. The van der Waals surface area contributed by atoms with Gasteiger partial charge in [0.25, 0.3) is 0 Å². The highest BCUT2D eigenvalue weighted by Gasteiger charge is 2.30. The molecule has 0 bridgehead atoms. The molecule has 1 saturated heterocycles. The van der Waals surface area contributed by atoms with Gasteiger partial charge < -0.3 is 20.3 Å². The van der Waals surface area contributed by atoms with E-state index in [4.69, 9.17) is 5.11 Å². The predicted octanol–water partition coefficient (Wildman–Crippen LogP) is 2.55. The van der Waals surface area contributed by atoms with Crippen molar-refractivity contribution in [1.29, 1.82) is 0 Å². The van der Waals surface area contributed by atoms with Gasteiger partial charge >= 0.3 is 12.0 Å². The molecule has 2 aromatic rings. The molecule has 3 rings (SSSR count). The number of hydrogen-bond donors (Lipinski definition) is 3. The van der Waals surface area contributed by atoms with Crippen molar-refractivity contribution in [3.8, 4) is 0 Å². The molecule has 0 spiro atoms. The number of carbonyl (C=O) groups is 2. The average Bonchev–Trinajstić information content (AvgIpc) is 3.10. The van der Waals surface area contributed by atoms with Crippen LogP contribution in [0.4, 0.5) is 4.79 Å². The molecule has 2 amide bonds. The molecule has 2 heterocycles. The maximum absolute atomic E-state index is 12.1. The Balaban J connectivity index is 1.59. The third-order valence-electron chi connectivity index (χ3n) is 3.89. The molecular weight excluding hydrogens is 350 g/mol. The summed E-state index contributed by atoms with van der Waals surface area (Å²) in [4.78, 5) is 27.8. The number of urea groups is 1. The quantitative estimate of drug-likeness (QED) is 0.781. The van der Waals surface area contributed by atoms with Gasteiger partial charge in [-0.15, -0.1) is 0 Å². The van der Waals surface area contributed by atoms with Gasteiger partial charge in [0.05, 0.1) is 12.5 Å². The number of nitrogens with zero attached hydrogens (tertiary/aromatic N) is 1. The lowest BCUT2D eigenvalue weighted by Gasteiger charge is -2.16. The van der Waals surface area contributed by atoms with E-state index in [1.54, 1.807) is 4.90 Å². The van der Waals surface area contributed by atoms with Gasteiger partial charge in [0.1, 0.15) is 0 Å². The summed E-state index contributed by atoms with van der Waals surface area (Å²) in [6.07, 6.45) is 0.517. The zero-order valence-corrected chi connectivity index (χ0v) is 13.4. The number of carboxylic acids is 1. The number of fused-ring (bicyclic) bond motifs is 1. The van der Waals surface area contributed by atoms with E-state index in [2.05, 4.69) is 26.2 Å². The fraction of sp³-hybridized carbons (Fsp3) is 0.333. The topological polar surface area (TPSA) is 85.4 Å². The number of aromatic nitrogens is 1. The van der Waals surface area contributed by atoms with Crippen molar-refractivity contribution >= 4 is 38.8 Å². The van der Waals surface area contributed by atoms with Gasteiger partial charge in [-0.05, 0) is 30.7 Å². The Bertz CT molecular complexity index is 728. The zero-order chi connectivity index (χ0) is 15.7. The summed E-state index contributed by atoms with van der Waals surface area (Å²) in [5, 5.41) is 12.9. The van der Waals surface area contributed by atoms with E-state index < -0.39 is 11.9 Å². The lowest BCUT2D eigenvalue weighted by atomic mass is 10.1. The minimum Gasteiger partial charge on any atom is -0.481 e. The van der Waals surface area contributed by atoms with E-state index in [-0.39, 0.29) is 12.6 Å². The van der Waals surface area contributed by atoms with Crippen molar-refractivity contribution in [2.75, 3.05) is 13.1 Å². The normalized spacial score (nSPS) is 17.9. The van der Waals surface area contributed by atoms with E-state index in [1.165, 1.54) is 0 Å². The van der Waals surface area contributed by atoms with Crippen molar-refractivity contribution < 1.29 is 14.7 Å². The summed E-state index contributed by atoms with van der Waals surface area (Å²) in [7, 11) is 0. The Hall–Kier alpha value is -2.02. The number of aliphatic carboxylic acids is 1. The average molecular weight is 366 g/mol. The number of benzene rings is 1. The summed E-state index contributed by atoms with van der Waals surface area (Å²) in [6, 6.07) is 7.71. The van der Waals surface area contributed by atoms with Crippen molar-refractivity contribution in [3.05, 3.63) is 34.4 Å². The highest BCUT2D eigenvalue weighted by atomic mass is 79.9. The van der Waals surface area contributed by atoms with E-state index >= 15 is 0 Å². The van der Waals surface area contributed by atoms with Crippen LogP contribution >= 0.6 is 15.9 Å². The first kappa shape index (κ1) is 14.9. The van der Waals surface area contributed by atoms with Crippen LogP contribution in [-0.4, -0.2) is 40.1 Å². The fourth-order valence-electron chi connectivity index (χ4n) is 2.69. The summed E-state index contributed by atoms with van der Waals surface area (Å²) in [6.45, 7) is 1.16. The van der Waals surface area contributed by atoms with Crippen molar-refractivity contribution in [1.82, 2.24) is 15.2 Å². The number of rotatable bonds is 3. The van der Waals surface area contributed by atoms with Crippen molar-refractivity contribution in [2.24, 2.45) is 5.92 Å². The standard InChI is InChI=1S/C15H16BrN3O3/c16-11-1-2-13-10(5-11)6-12(18-13)7-17-15(22)19-4-3-9(8-19)14(20)21/h1-2,5-6,9,18H,3-4,7-8H2,(H,17,22)(H,20,21). The Kier molecular flexibility index (Phi) is 4.06. The molecule has 0 radical (unpaired) electrons. The molecule has 0 saturated carbocycles. The molecule has 1 fully saturated rings. The molecule has 22 heavy (non-hydrogen) atoms. The zero-order valence-electron chi connectivity index (χ0n) is 11.8. The summed E-state index contributed by atoms with van der Waals surface area (Å²) < 4.78 is 1.01. The van der Waals surface area contributed by atoms with Gasteiger partial charge in [0, 0.05) is 34.2 Å². The van der Waals surface area contributed by atoms with Gasteiger partial charge in [0.15, 0.2) is 0 Å². The molecule has 1 aromatic carbocycles. The lowest BCUT2D eigenvalue weighted by Crippen LogP contribution is -2.38. The van der Waals surface area contributed by atoms with Crippen LogP contribution in [0.3, 0.4) is 0 Å². The van der Waals surface area contributed by atoms with Crippen molar-refractivity contribution in [2.45, 2.75) is 13.0 Å². The van der Waals surface area contributed by atoms with E-state index in [0.29, 0.717) is 19.5 Å². The Morgan fingerprint density at radius 3 is 2.95 bits per heavy atom. The predicted molar refractivity (Wildman–Crippen MR) is 85.6 cm³/mol. The Labute approximate surface area is 135 Å². The minimum atomic E-state index is -0.837. The van der Waals surface area contributed by atoms with Gasteiger partial charge in [0.2, 0.25) is 0 Å². The molecule has 7 heteroatoms. The molecule has 1 unspecified atom stereocenters. The monoisotopic (exact) mass is 365 g/mol. The fourth-order valence-corrected chi connectivity index (χ4v) is 3.07. The molecule has 3 N–H and O–H groups in total. The Morgan fingerprint density at radius 1 is 1.41 bits per heavy atom. The highest BCUT2D eigenvalue weighted by molar-refractivity contribution is 9.10. The van der Waals surface area contributed by atoms with Crippen LogP contribution in [-0.2, 0) is 11.3 Å². The second kappa shape index (κ2) is 6.00. The number of carbonyl (C=O) groups excluding carboxylic acids is 1. The summed E-state index contributed by atoms with van der Waals surface area (Å²) in [5.74, 6) is -1.28. The Morgan fingerprint density at radius 2 is 2.23 bits per heavy atom. The molecule has 1 aliphatic rings. The number of H-pyrrole nitrogens is 1. The van der Waals surface area contributed by atoms with E-state index in [1.807, 2.05) is 24.3 Å². The van der Waals surface area contributed by atoms with Gasteiger partial charge in [-0.3, -0.25) is 4.79 Å². The summed E-state index contributed by atoms with van der Waals surface area (Å²) >= 11 is 3.43. The number of likely N-dealkylation sites (tertiary alicyclic amines) is 1. The first-order valence-electron chi connectivity index (χ1n) is 7.05. The van der Waals surface area contributed by atoms with Crippen LogP contribution in [0.25, 0.3) is 10.9 Å². The smallest absolute Gasteiger partial charge is 0.317 e. The number of amides is 2. The number of hydrogen-bond acceptors (Lipinski definition) is 2. The molecule has 1 atom stereocenters. The first-order valence-corrected chi connectivity index (χ1v) is 7.85. The van der Waals surface area contributed by atoms with Crippen molar-refractivity contribution in [3.63, 3.8) is 0 Å². The maximum Gasteiger partial charge on any atom is 0.317 e. The molecular formula is C15H16BrN3O3. The van der Waals surface area contributed by atoms with Crippen LogP contribution in [0.2, 0.25) is 0 Å². The number of halogens is 1. The lowest BCUT2D eigenvalue weighted by molar-refractivity contribution is -0.141.